The van der Waals surface area contributed by atoms with Crippen molar-refractivity contribution in [2.45, 2.75) is 36.8 Å². The van der Waals surface area contributed by atoms with Crippen LogP contribution < -0.4 is 10.2 Å². The monoisotopic (exact) mass is 475 g/mol. The van der Waals surface area contributed by atoms with E-state index in [4.69, 9.17) is 11.6 Å². The molecule has 2 aromatic rings. The number of hydrogen-bond acceptors (Lipinski definition) is 6. The summed E-state index contributed by atoms with van der Waals surface area (Å²) in [6, 6.07) is 6.24. The number of nitrogens with zero attached hydrogens (tertiary/aromatic N) is 4. The van der Waals surface area contributed by atoms with Gasteiger partial charge in [-0.2, -0.15) is 0 Å². The fourth-order valence-electron chi connectivity index (χ4n) is 4.27. The molecule has 2 atom stereocenters. The van der Waals surface area contributed by atoms with Crippen LogP contribution in [0.2, 0.25) is 5.02 Å². The lowest BCUT2D eigenvalue weighted by molar-refractivity contribution is -0.133. The van der Waals surface area contributed by atoms with Gasteiger partial charge < -0.3 is 20.2 Å². The molecule has 0 saturated carbocycles. The Morgan fingerprint density at radius 1 is 1.22 bits per heavy atom. The fraction of sp³-hybridized carbons (Fsp3) is 0.455. The van der Waals surface area contributed by atoms with Gasteiger partial charge in [0, 0.05) is 54.2 Å². The molecule has 2 amide bonds. The molecule has 4 rings (SSSR count). The number of thioether (sulfide) groups is 1. The highest BCUT2D eigenvalue weighted by Crippen LogP contribution is 2.46. The summed E-state index contributed by atoms with van der Waals surface area (Å²) >= 11 is 7.83. The Morgan fingerprint density at radius 3 is 2.59 bits per heavy atom. The maximum absolute atomic E-state index is 13.2. The second-order valence-electron chi connectivity index (χ2n) is 7.91. The fourth-order valence-corrected chi connectivity index (χ4v) is 5.63. The number of carboxylic acid groups (broad SMARTS) is 1. The molecule has 3 heterocycles. The average molecular weight is 476 g/mol. The summed E-state index contributed by atoms with van der Waals surface area (Å²) in [5.41, 5.74) is 3.19. The van der Waals surface area contributed by atoms with Crippen molar-refractivity contribution in [3.63, 3.8) is 0 Å². The van der Waals surface area contributed by atoms with Crippen LogP contribution in [0.15, 0.2) is 30.6 Å². The number of hydrogen-bond donors (Lipinski definition) is 2. The van der Waals surface area contributed by atoms with Crippen LogP contribution in [-0.4, -0.2) is 64.2 Å². The minimum Gasteiger partial charge on any atom is -0.465 e. The predicted molar refractivity (Wildman–Crippen MR) is 125 cm³/mol. The Labute approximate surface area is 196 Å². The van der Waals surface area contributed by atoms with E-state index in [1.54, 1.807) is 23.4 Å². The molecule has 1 fully saturated rings. The second kappa shape index (κ2) is 9.95. The molecule has 2 aliphatic heterocycles. The Bertz CT molecular complexity index is 982. The zero-order valence-electron chi connectivity index (χ0n) is 17.8. The molecule has 0 bridgehead atoms. The van der Waals surface area contributed by atoms with Crippen molar-refractivity contribution < 1.29 is 14.7 Å². The van der Waals surface area contributed by atoms with Crippen molar-refractivity contribution in [1.29, 1.82) is 0 Å². The van der Waals surface area contributed by atoms with Gasteiger partial charge >= 0.3 is 6.09 Å². The molecule has 32 heavy (non-hydrogen) atoms. The van der Waals surface area contributed by atoms with Gasteiger partial charge in [-0.15, -0.1) is 11.8 Å². The molecule has 170 valence electrons. The minimum absolute atomic E-state index is 0.211. The number of halogens is 1. The second-order valence-corrected chi connectivity index (χ2v) is 9.54. The van der Waals surface area contributed by atoms with Crippen molar-refractivity contribution >= 4 is 41.2 Å². The highest BCUT2D eigenvalue weighted by Gasteiger charge is 2.33. The summed E-state index contributed by atoms with van der Waals surface area (Å²) in [6.07, 6.45) is 1.72. The summed E-state index contributed by atoms with van der Waals surface area (Å²) in [7, 11) is 0. The molecule has 10 heteroatoms. The van der Waals surface area contributed by atoms with Gasteiger partial charge in [0.05, 0.1) is 5.69 Å². The smallest absolute Gasteiger partial charge is 0.405 e. The van der Waals surface area contributed by atoms with E-state index in [0.29, 0.717) is 36.5 Å². The zero-order valence-corrected chi connectivity index (χ0v) is 19.4. The van der Waals surface area contributed by atoms with Crippen molar-refractivity contribution in [2.24, 2.45) is 0 Å². The van der Waals surface area contributed by atoms with E-state index in [0.717, 1.165) is 29.2 Å². The van der Waals surface area contributed by atoms with Gasteiger partial charge in [-0.1, -0.05) is 30.7 Å². The maximum atomic E-state index is 13.2. The normalized spacial score (nSPS) is 18.9. The molecule has 8 nitrogen and oxygen atoms in total. The SMILES string of the molecule is CCC1SCc2ncnc(N3CCN(C(=O)C(Cc4ccc(Cl)cc4)NC(=O)O)CC3)c21. The highest BCUT2D eigenvalue weighted by atomic mass is 35.5. The van der Waals surface area contributed by atoms with E-state index in [1.807, 2.05) is 23.9 Å². The molecule has 1 saturated heterocycles. The summed E-state index contributed by atoms with van der Waals surface area (Å²) in [6.45, 7) is 4.50. The van der Waals surface area contributed by atoms with E-state index < -0.39 is 12.1 Å². The van der Waals surface area contributed by atoms with E-state index in [9.17, 15) is 14.7 Å². The van der Waals surface area contributed by atoms with Gasteiger partial charge in [-0.05, 0) is 24.1 Å². The highest BCUT2D eigenvalue weighted by molar-refractivity contribution is 7.99. The van der Waals surface area contributed by atoms with Crippen LogP contribution in [-0.2, 0) is 17.0 Å². The summed E-state index contributed by atoms with van der Waals surface area (Å²) in [5.74, 6) is 1.67. The van der Waals surface area contributed by atoms with Crippen LogP contribution >= 0.6 is 23.4 Å². The van der Waals surface area contributed by atoms with Gasteiger partial charge in [0.15, 0.2) is 0 Å². The molecular formula is C22H26ClN5O3S. The van der Waals surface area contributed by atoms with Crippen molar-refractivity contribution in [3.8, 4) is 0 Å². The van der Waals surface area contributed by atoms with Crippen molar-refractivity contribution in [2.75, 3.05) is 31.1 Å². The number of carbonyl (C=O) groups is 2. The molecule has 2 unspecified atom stereocenters. The molecule has 2 aliphatic rings. The minimum atomic E-state index is -1.21. The first-order valence-corrected chi connectivity index (χ1v) is 12.1. The summed E-state index contributed by atoms with van der Waals surface area (Å²) in [4.78, 5) is 37.5. The van der Waals surface area contributed by atoms with Crippen LogP contribution in [0.25, 0.3) is 0 Å². The molecule has 0 aliphatic carbocycles. The van der Waals surface area contributed by atoms with Crippen LogP contribution in [0, 0.1) is 0 Å². The molecular weight excluding hydrogens is 450 g/mol. The van der Waals surface area contributed by atoms with Crippen molar-refractivity contribution in [3.05, 3.63) is 52.4 Å². The first kappa shape index (κ1) is 22.7. The average Bonchev–Trinajstić information content (AvgIpc) is 3.23. The Morgan fingerprint density at radius 2 is 1.94 bits per heavy atom. The van der Waals surface area contributed by atoms with Crippen molar-refractivity contribution in [1.82, 2.24) is 20.2 Å². The number of aromatic nitrogens is 2. The quantitative estimate of drug-likeness (QED) is 0.660. The van der Waals surface area contributed by atoms with Gasteiger partial charge in [0.25, 0.3) is 0 Å². The standard InChI is InChI=1S/C22H26ClN5O3S/c1-2-18-19-17(12-32-18)24-13-25-20(19)27-7-9-28(10-8-27)21(29)16(26-22(30)31)11-14-3-5-15(23)6-4-14/h3-6,13,16,18,26H,2,7-12H2,1H3,(H,30,31). The number of carbonyl (C=O) groups excluding carboxylic acids is 1. The number of rotatable bonds is 6. The number of piperazine rings is 1. The zero-order chi connectivity index (χ0) is 22.7. The Kier molecular flexibility index (Phi) is 7.05. The summed E-state index contributed by atoms with van der Waals surface area (Å²) < 4.78 is 0. The van der Waals surface area contributed by atoms with Gasteiger partial charge in [-0.3, -0.25) is 4.79 Å². The van der Waals surface area contributed by atoms with Crippen LogP contribution in [0.5, 0.6) is 0 Å². The molecule has 1 aromatic heterocycles. The van der Waals surface area contributed by atoms with E-state index in [-0.39, 0.29) is 12.3 Å². The first-order chi connectivity index (χ1) is 15.5. The third-order valence-electron chi connectivity index (χ3n) is 5.90. The molecule has 0 spiro atoms. The Balaban J connectivity index is 1.43. The third-order valence-corrected chi connectivity index (χ3v) is 7.56. The number of fused-ring (bicyclic) bond motifs is 1. The number of nitrogens with one attached hydrogen (secondary N) is 1. The lowest BCUT2D eigenvalue weighted by Gasteiger charge is -2.37. The first-order valence-electron chi connectivity index (χ1n) is 10.7. The topological polar surface area (TPSA) is 98.7 Å². The summed E-state index contributed by atoms with van der Waals surface area (Å²) in [5, 5.41) is 12.6. The molecule has 1 aromatic carbocycles. The maximum Gasteiger partial charge on any atom is 0.405 e. The Hall–Kier alpha value is -2.52. The molecule has 0 radical (unpaired) electrons. The van der Waals surface area contributed by atoms with E-state index in [2.05, 4.69) is 27.1 Å². The number of amides is 2. The van der Waals surface area contributed by atoms with Gasteiger partial charge in [0.1, 0.15) is 18.2 Å². The third kappa shape index (κ3) is 4.94. The van der Waals surface area contributed by atoms with Crippen LogP contribution in [0.3, 0.4) is 0 Å². The predicted octanol–water partition coefficient (Wildman–Crippen LogP) is 3.36. The largest absolute Gasteiger partial charge is 0.465 e. The van der Waals surface area contributed by atoms with Crippen LogP contribution in [0.1, 0.15) is 35.4 Å². The van der Waals surface area contributed by atoms with E-state index in [1.165, 1.54) is 5.56 Å². The molecule has 2 N–H and O–H groups in total. The van der Waals surface area contributed by atoms with E-state index >= 15 is 0 Å². The van der Waals surface area contributed by atoms with Crippen LogP contribution in [0.4, 0.5) is 10.6 Å². The lowest BCUT2D eigenvalue weighted by atomic mass is 10.0. The van der Waals surface area contributed by atoms with Gasteiger partial charge in [-0.25, -0.2) is 14.8 Å². The van der Waals surface area contributed by atoms with Gasteiger partial charge in [0.2, 0.25) is 5.91 Å². The number of anilines is 1. The lowest BCUT2D eigenvalue weighted by Crippen LogP contribution is -2.55. The number of benzene rings is 1.